The summed E-state index contributed by atoms with van der Waals surface area (Å²) >= 11 is 0. The van der Waals surface area contributed by atoms with Crippen molar-refractivity contribution in [3.05, 3.63) is 0 Å². The van der Waals surface area contributed by atoms with Crippen LogP contribution in [0, 0.1) is 0 Å². The topological polar surface area (TPSA) is 87.1 Å². The number of amides is 1. The minimum atomic E-state index is -1.92. The number of β-amino-alcohol motifs (C(OH)–C–C–N with tert-alkyl or cyclic N) is 1. The van der Waals surface area contributed by atoms with Crippen molar-refractivity contribution in [1.82, 2.24) is 4.90 Å². The Morgan fingerprint density at radius 1 is 1.71 bits per heavy atom. The number of carbonyl (C=O) groups excluding carboxylic acids is 1. The van der Waals surface area contributed by atoms with Crippen molar-refractivity contribution in [1.29, 1.82) is 0 Å². The van der Waals surface area contributed by atoms with E-state index < -0.39 is 17.7 Å². The van der Waals surface area contributed by atoms with Crippen LogP contribution in [0.2, 0.25) is 0 Å². The number of cyclic esters (lactones) is 1. The number of hydrogen-bond acceptors (Lipinski definition) is 4. The fourth-order valence-corrected chi connectivity index (χ4v) is 1.18. The van der Waals surface area contributed by atoms with E-state index in [1.807, 2.05) is 0 Å². The molecule has 0 aromatic rings. The van der Waals surface area contributed by atoms with Gasteiger partial charge in [0.15, 0.2) is 5.60 Å². The van der Waals surface area contributed by atoms with E-state index in [1.165, 1.54) is 4.90 Å². The Morgan fingerprint density at radius 2 is 2.36 bits per heavy atom. The standard InChI is InChI=1S/C8H13NO5/c1-8(13,6(10)11)5-9-3-2-4-14-7(9)12/h13H,2-5H2,1H3,(H,10,11). The van der Waals surface area contributed by atoms with Crippen molar-refractivity contribution in [3.8, 4) is 0 Å². The quantitative estimate of drug-likeness (QED) is 0.655. The summed E-state index contributed by atoms with van der Waals surface area (Å²) in [4.78, 5) is 22.9. The first kappa shape index (κ1) is 10.8. The molecule has 1 saturated heterocycles. The Kier molecular flexibility index (Phi) is 2.95. The van der Waals surface area contributed by atoms with E-state index in [9.17, 15) is 14.7 Å². The number of carboxylic acid groups (broad SMARTS) is 1. The number of ether oxygens (including phenoxy) is 1. The van der Waals surface area contributed by atoms with Gasteiger partial charge in [0.1, 0.15) is 0 Å². The third-order valence-electron chi connectivity index (χ3n) is 2.02. The summed E-state index contributed by atoms with van der Waals surface area (Å²) in [5.74, 6) is -1.35. The van der Waals surface area contributed by atoms with Gasteiger partial charge in [0.25, 0.3) is 0 Å². The van der Waals surface area contributed by atoms with Gasteiger partial charge in [0.2, 0.25) is 0 Å². The third kappa shape index (κ3) is 2.35. The molecule has 0 bridgehead atoms. The maximum atomic E-state index is 11.1. The highest BCUT2D eigenvalue weighted by Gasteiger charge is 2.35. The molecule has 0 aromatic heterocycles. The zero-order valence-electron chi connectivity index (χ0n) is 7.89. The van der Waals surface area contributed by atoms with Gasteiger partial charge >= 0.3 is 12.1 Å². The molecule has 14 heavy (non-hydrogen) atoms. The second kappa shape index (κ2) is 3.83. The minimum absolute atomic E-state index is 0.249. The van der Waals surface area contributed by atoms with E-state index >= 15 is 0 Å². The smallest absolute Gasteiger partial charge is 0.409 e. The van der Waals surface area contributed by atoms with Crippen LogP contribution in [-0.2, 0) is 9.53 Å². The summed E-state index contributed by atoms with van der Waals surface area (Å²) in [7, 11) is 0. The molecular weight excluding hydrogens is 190 g/mol. The highest BCUT2D eigenvalue weighted by Crippen LogP contribution is 2.11. The molecule has 0 radical (unpaired) electrons. The zero-order chi connectivity index (χ0) is 10.8. The van der Waals surface area contributed by atoms with Gasteiger partial charge in [-0.25, -0.2) is 9.59 Å². The number of rotatable bonds is 3. The van der Waals surface area contributed by atoms with Crippen LogP contribution in [0.1, 0.15) is 13.3 Å². The molecule has 6 nitrogen and oxygen atoms in total. The molecular formula is C8H13NO5. The number of aliphatic carboxylic acids is 1. The van der Waals surface area contributed by atoms with Crippen molar-refractivity contribution in [2.75, 3.05) is 19.7 Å². The molecule has 1 atom stereocenters. The summed E-state index contributed by atoms with van der Waals surface area (Å²) in [6.45, 7) is 1.67. The summed E-state index contributed by atoms with van der Waals surface area (Å²) in [6, 6.07) is 0. The molecule has 1 heterocycles. The van der Waals surface area contributed by atoms with E-state index in [-0.39, 0.29) is 6.54 Å². The Morgan fingerprint density at radius 3 is 2.86 bits per heavy atom. The summed E-state index contributed by atoms with van der Waals surface area (Å²) in [5, 5.41) is 18.0. The molecule has 6 heteroatoms. The SMILES string of the molecule is CC(O)(CN1CCCOC1=O)C(=O)O. The van der Waals surface area contributed by atoms with Crippen molar-refractivity contribution in [2.45, 2.75) is 18.9 Å². The normalized spacial score (nSPS) is 21.3. The summed E-state index contributed by atoms with van der Waals surface area (Å²) in [6.07, 6.45) is 0.0827. The molecule has 80 valence electrons. The molecule has 0 spiro atoms. The largest absolute Gasteiger partial charge is 0.479 e. The van der Waals surface area contributed by atoms with Crippen molar-refractivity contribution in [2.24, 2.45) is 0 Å². The van der Waals surface area contributed by atoms with Crippen molar-refractivity contribution >= 4 is 12.1 Å². The van der Waals surface area contributed by atoms with E-state index in [2.05, 4.69) is 0 Å². The van der Waals surface area contributed by atoms with Gasteiger partial charge in [-0.1, -0.05) is 0 Å². The van der Waals surface area contributed by atoms with Crippen LogP contribution in [-0.4, -0.2) is 52.5 Å². The lowest BCUT2D eigenvalue weighted by Crippen LogP contribution is -2.50. The number of carbonyl (C=O) groups is 2. The van der Waals surface area contributed by atoms with Crippen LogP contribution in [0.3, 0.4) is 0 Å². The molecule has 1 rings (SSSR count). The Balaban J connectivity index is 2.58. The molecule has 1 unspecified atom stereocenters. The number of nitrogens with zero attached hydrogens (tertiary/aromatic N) is 1. The van der Waals surface area contributed by atoms with Crippen molar-refractivity contribution in [3.63, 3.8) is 0 Å². The first-order valence-electron chi connectivity index (χ1n) is 4.31. The minimum Gasteiger partial charge on any atom is -0.479 e. The molecule has 1 amide bonds. The average molecular weight is 203 g/mol. The number of carboxylic acids is 1. The third-order valence-corrected chi connectivity index (χ3v) is 2.02. The highest BCUT2D eigenvalue weighted by atomic mass is 16.6. The lowest BCUT2D eigenvalue weighted by atomic mass is 10.1. The lowest BCUT2D eigenvalue weighted by Gasteiger charge is -2.30. The van der Waals surface area contributed by atoms with E-state index in [1.54, 1.807) is 0 Å². The number of aliphatic hydroxyl groups is 1. The van der Waals surface area contributed by atoms with Crippen LogP contribution in [0.15, 0.2) is 0 Å². The molecule has 1 aliphatic heterocycles. The second-order valence-corrected chi connectivity index (χ2v) is 3.47. The van der Waals surface area contributed by atoms with E-state index in [0.29, 0.717) is 19.6 Å². The number of hydrogen-bond donors (Lipinski definition) is 2. The Bertz CT molecular complexity index is 250. The van der Waals surface area contributed by atoms with Crippen LogP contribution in [0.4, 0.5) is 4.79 Å². The van der Waals surface area contributed by atoms with Gasteiger partial charge in [0, 0.05) is 6.54 Å². The van der Waals surface area contributed by atoms with Gasteiger partial charge in [-0.2, -0.15) is 0 Å². The van der Waals surface area contributed by atoms with Crippen molar-refractivity contribution < 1.29 is 24.5 Å². The van der Waals surface area contributed by atoms with Crippen LogP contribution in [0.25, 0.3) is 0 Å². The highest BCUT2D eigenvalue weighted by molar-refractivity contribution is 5.78. The van der Waals surface area contributed by atoms with Gasteiger partial charge in [-0.3, -0.25) is 0 Å². The zero-order valence-corrected chi connectivity index (χ0v) is 7.89. The molecule has 0 aliphatic carbocycles. The predicted octanol–water partition coefficient (Wildman–Crippen LogP) is -0.336. The Labute approximate surface area is 81.1 Å². The van der Waals surface area contributed by atoms with Gasteiger partial charge in [0.05, 0.1) is 13.2 Å². The van der Waals surface area contributed by atoms with E-state index in [4.69, 9.17) is 9.84 Å². The van der Waals surface area contributed by atoms with Gasteiger partial charge in [-0.15, -0.1) is 0 Å². The maximum Gasteiger partial charge on any atom is 0.409 e. The summed E-state index contributed by atoms with van der Waals surface area (Å²) < 4.78 is 4.70. The lowest BCUT2D eigenvalue weighted by molar-refractivity contribution is -0.158. The van der Waals surface area contributed by atoms with Gasteiger partial charge in [-0.05, 0) is 13.3 Å². The second-order valence-electron chi connectivity index (χ2n) is 3.47. The monoisotopic (exact) mass is 203 g/mol. The fraction of sp³-hybridized carbons (Fsp3) is 0.750. The fourth-order valence-electron chi connectivity index (χ4n) is 1.18. The molecule has 0 saturated carbocycles. The predicted molar refractivity (Wildman–Crippen MR) is 45.8 cm³/mol. The molecule has 1 fully saturated rings. The Hall–Kier alpha value is -1.30. The van der Waals surface area contributed by atoms with Crippen LogP contribution in [0.5, 0.6) is 0 Å². The first-order chi connectivity index (χ1) is 6.43. The average Bonchev–Trinajstić information content (AvgIpc) is 2.08. The summed E-state index contributed by atoms with van der Waals surface area (Å²) in [5.41, 5.74) is -1.92. The van der Waals surface area contributed by atoms with Crippen LogP contribution >= 0.6 is 0 Å². The molecule has 2 N–H and O–H groups in total. The maximum absolute atomic E-state index is 11.1. The van der Waals surface area contributed by atoms with E-state index in [0.717, 1.165) is 6.92 Å². The first-order valence-corrected chi connectivity index (χ1v) is 4.31. The van der Waals surface area contributed by atoms with Crippen LogP contribution < -0.4 is 0 Å². The molecule has 0 aromatic carbocycles. The molecule has 1 aliphatic rings. The van der Waals surface area contributed by atoms with Gasteiger partial charge < -0.3 is 19.8 Å².